The Morgan fingerprint density at radius 2 is 1.85 bits per heavy atom. The lowest BCUT2D eigenvalue weighted by atomic mass is 9.79. The van der Waals surface area contributed by atoms with Crippen LogP contribution in [0, 0.1) is 0 Å². The van der Waals surface area contributed by atoms with Gasteiger partial charge in [-0.25, -0.2) is 9.48 Å². The van der Waals surface area contributed by atoms with Gasteiger partial charge in [-0.1, -0.05) is 49.6 Å². The third kappa shape index (κ3) is 3.70. The molecule has 0 atom stereocenters. The number of hydrogen-bond acceptors (Lipinski definition) is 3. The number of aryl methyl sites for hydroxylation is 1. The van der Waals surface area contributed by atoms with Gasteiger partial charge in [0.05, 0.1) is 0 Å². The average Bonchev–Trinajstić information content (AvgIpc) is 3.20. The molecule has 0 bridgehead atoms. The second kappa shape index (κ2) is 7.71. The van der Waals surface area contributed by atoms with Crippen LogP contribution in [0.3, 0.4) is 0 Å². The Bertz CT molecular complexity index is 847. The largest absolute Gasteiger partial charge is 0.354 e. The van der Waals surface area contributed by atoms with Crippen LogP contribution < -0.4 is 11.0 Å². The molecule has 0 radical (unpaired) electrons. The molecule has 1 saturated carbocycles. The van der Waals surface area contributed by atoms with Crippen LogP contribution in [0.2, 0.25) is 0 Å². The molecule has 2 aromatic rings. The Hall–Kier alpha value is -2.37. The minimum Gasteiger partial charge on any atom is -0.354 e. The zero-order valence-corrected chi connectivity index (χ0v) is 15.8. The van der Waals surface area contributed by atoms with Crippen LogP contribution in [0.5, 0.6) is 0 Å². The molecular weight excluding hydrogens is 340 g/mol. The quantitative estimate of drug-likeness (QED) is 0.881. The van der Waals surface area contributed by atoms with E-state index in [1.165, 1.54) is 23.1 Å². The fourth-order valence-electron chi connectivity index (χ4n) is 4.60. The molecule has 6 heteroatoms. The summed E-state index contributed by atoms with van der Waals surface area (Å²) < 4.78 is 3.07. The van der Waals surface area contributed by atoms with E-state index in [4.69, 9.17) is 0 Å². The molecule has 0 unspecified atom stereocenters. The number of benzene rings is 1. The lowest BCUT2D eigenvalue weighted by Crippen LogP contribution is -2.41. The fraction of sp³-hybridized carbons (Fsp3) is 0.571. The molecule has 0 spiro atoms. The van der Waals surface area contributed by atoms with E-state index >= 15 is 0 Å². The van der Waals surface area contributed by atoms with Gasteiger partial charge in [0, 0.05) is 24.9 Å². The maximum absolute atomic E-state index is 12.6. The van der Waals surface area contributed by atoms with Crippen molar-refractivity contribution in [1.29, 1.82) is 0 Å². The molecule has 2 heterocycles. The average molecular weight is 368 g/mol. The number of fused-ring (bicyclic) bond motifs is 1. The summed E-state index contributed by atoms with van der Waals surface area (Å²) in [6.07, 6.45) is 8.58. The molecule has 6 nitrogen and oxygen atoms in total. The minimum absolute atomic E-state index is 0.00367. The topological polar surface area (TPSA) is 68.9 Å². The van der Waals surface area contributed by atoms with Crippen LogP contribution in [0.4, 0.5) is 0 Å². The summed E-state index contributed by atoms with van der Waals surface area (Å²) in [6, 6.07) is 10.5. The minimum atomic E-state index is -0.152. The van der Waals surface area contributed by atoms with Crippen LogP contribution in [0.15, 0.2) is 35.1 Å². The molecule has 144 valence electrons. The van der Waals surface area contributed by atoms with Crippen molar-refractivity contribution in [2.75, 3.05) is 6.54 Å². The number of nitrogens with one attached hydrogen (secondary N) is 1. The lowest BCUT2D eigenvalue weighted by molar-refractivity contribution is -0.122. The number of amides is 1. The maximum Gasteiger partial charge on any atom is 0.346 e. The molecular formula is C21H28N4O2. The predicted octanol–water partition coefficient (Wildman–Crippen LogP) is 2.40. The molecule has 1 aromatic heterocycles. The van der Waals surface area contributed by atoms with Gasteiger partial charge in [-0.2, -0.15) is 5.10 Å². The number of hydrogen-bond donors (Lipinski definition) is 1. The molecule has 27 heavy (non-hydrogen) atoms. The fourth-order valence-corrected chi connectivity index (χ4v) is 4.60. The summed E-state index contributed by atoms with van der Waals surface area (Å²) in [5, 5.41) is 7.50. The van der Waals surface area contributed by atoms with Gasteiger partial charge >= 0.3 is 5.69 Å². The Balaban J connectivity index is 1.43. The van der Waals surface area contributed by atoms with Gasteiger partial charge in [-0.05, 0) is 31.2 Å². The van der Waals surface area contributed by atoms with Crippen LogP contribution >= 0.6 is 0 Å². The van der Waals surface area contributed by atoms with Gasteiger partial charge in [0.25, 0.3) is 0 Å². The van der Waals surface area contributed by atoms with Crippen molar-refractivity contribution in [2.24, 2.45) is 0 Å². The Labute approximate surface area is 159 Å². The first-order valence-electron chi connectivity index (χ1n) is 10.2. The number of rotatable bonds is 5. The van der Waals surface area contributed by atoms with Crippen molar-refractivity contribution in [3.8, 4) is 0 Å². The molecule has 1 amide bonds. The monoisotopic (exact) mass is 368 g/mol. The highest BCUT2D eigenvalue weighted by Crippen LogP contribution is 2.40. The van der Waals surface area contributed by atoms with Crippen molar-refractivity contribution < 1.29 is 4.79 Å². The van der Waals surface area contributed by atoms with Gasteiger partial charge < -0.3 is 5.32 Å². The molecule has 2 aliphatic rings. The first kappa shape index (κ1) is 18.0. The molecule has 4 rings (SSSR count). The van der Waals surface area contributed by atoms with E-state index in [2.05, 4.69) is 34.7 Å². The molecule has 1 fully saturated rings. The summed E-state index contributed by atoms with van der Waals surface area (Å²) >= 11 is 0. The molecule has 1 aliphatic carbocycles. The van der Waals surface area contributed by atoms with E-state index in [1.807, 2.05) is 6.07 Å². The Morgan fingerprint density at radius 3 is 2.63 bits per heavy atom. The SMILES string of the molecule is O=C(Cn1nc2n(c1=O)CCCCC2)NCC1(c2ccccc2)CCCC1. The van der Waals surface area contributed by atoms with E-state index in [1.54, 1.807) is 4.57 Å². The van der Waals surface area contributed by atoms with Crippen LogP contribution in [0.25, 0.3) is 0 Å². The molecule has 1 aliphatic heterocycles. The predicted molar refractivity (Wildman–Crippen MR) is 104 cm³/mol. The van der Waals surface area contributed by atoms with E-state index < -0.39 is 0 Å². The number of carbonyl (C=O) groups is 1. The second-order valence-electron chi connectivity index (χ2n) is 7.95. The van der Waals surface area contributed by atoms with Gasteiger partial charge in [0.1, 0.15) is 12.4 Å². The van der Waals surface area contributed by atoms with Crippen molar-refractivity contribution in [2.45, 2.75) is 69.9 Å². The van der Waals surface area contributed by atoms with Crippen molar-refractivity contribution in [3.05, 3.63) is 52.2 Å². The first-order valence-corrected chi connectivity index (χ1v) is 10.2. The lowest BCUT2D eigenvalue weighted by Gasteiger charge is -2.30. The van der Waals surface area contributed by atoms with Crippen LogP contribution in [-0.4, -0.2) is 26.8 Å². The standard InChI is InChI=1S/C21H28N4O2/c26-19(15-25-20(27)24-14-8-2-5-11-18(24)23-25)22-16-21(12-6-7-13-21)17-9-3-1-4-10-17/h1,3-4,9-10H,2,5-8,11-16H2,(H,22,26). The molecule has 1 aromatic carbocycles. The van der Waals surface area contributed by atoms with Gasteiger partial charge in [0.15, 0.2) is 0 Å². The highest BCUT2D eigenvalue weighted by Gasteiger charge is 2.35. The molecule has 0 saturated heterocycles. The van der Waals surface area contributed by atoms with Crippen LogP contribution in [0.1, 0.15) is 56.3 Å². The van der Waals surface area contributed by atoms with Crippen molar-refractivity contribution in [1.82, 2.24) is 19.7 Å². The molecule has 1 N–H and O–H groups in total. The summed E-state index contributed by atoms with van der Waals surface area (Å²) in [5.74, 6) is 0.689. The summed E-state index contributed by atoms with van der Waals surface area (Å²) in [7, 11) is 0. The third-order valence-electron chi connectivity index (χ3n) is 6.15. The summed E-state index contributed by atoms with van der Waals surface area (Å²) in [5.41, 5.74) is 1.17. The van der Waals surface area contributed by atoms with Crippen molar-refractivity contribution in [3.63, 3.8) is 0 Å². The zero-order chi connectivity index (χ0) is 18.7. The first-order chi connectivity index (χ1) is 13.2. The van der Waals surface area contributed by atoms with Gasteiger partial charge in [0.2, 0.25) is 5.91 Å². The highest BCUT2D eigenvalue weighted by atomic mass is 16.2. The maximum atomic E-state index is 12.6. The van der Waals surface area contributed by atoms with Crippen LogP contribution in [-0.2, 0) is 29.7 Å². The summed E-state index contributed by atoms with van der Waals surface area (Å²) in [6.45, 7) is 1.34. The van der Waals surface area contributed by atoms with E-state index in [0.717, 1.165) is 44.3 Å². The Morgan fingerprint density at radius 1 is 1.07 bits per heavy atom. The van der Waals surface area contributed by atoms with E-state index in [-0.39, 0.29) is 23.6 Å². The third-order valence-corrected chi connectivity index (χ3v) is 6.15. The van der Waals surface area contributed by atoms with Gasteiger partial charge in [-0.15, -0.1) is 0 Å². The number of aromatic nitrogens is 3. The van der Waals surface area contributed by atoms with Crippen molar-refractivity contribution >= 4 is 5.91 Å². The van der Waals surface area contributed by atoms with E-state index in [9.17, 15) is 9.59 Å². The normalized spacial score (nSPS) is 18.7. The zero-order valence-electron chi connectivity index (χ0n) is 15.8. The summed E-state index contributed by atoms with van der Waals surface area (Å²) in [4.78, 5) is 25.1. The number of nitrogens with zero attached hydrogens (tertiary/aromatic N) is 3. The smallest absolute Gasteiger partial charge is 0.346 e. The second-order valence-corrected chi connectivity index (χ2v) is 7.95. The Kier molecular flexibility index (Phi) is 5.14. The number of carbonyl (C=O) groups excluding carboxylic acids is 1. The van der Waals surface area contributed by atoms with E-state index in [0.29, 0.717) is 13.1 Å². The highest BCUT2D eigenvalue weighted by molar-refractivity contribution is 5.75. The van der Waals surface area contributed by atoms with Gasteiger partial charge in [-0.3, -0.25) is 9.36 Å².